The van der Waals surface area contributed by atoms with Gasteiger partial charge in [-0.05, 0) is 37.5 Å². The zero-order valence-electron chi connectivity index (χ0n) is 16.4. The summed E-state index contributed by atoms with van der Waals surface area (Å²) in [5.74, 6) is -0.0727. The normalized spacial score (nSPS) is 17.0. The number of rotatable bonds is 5. The van der Waals surface area contributed by atoms with Gasteiger partial charge in [-0.15, -0.1) is 0 Å². The van der Waals surface area contributed by atoms with Crippen LogP contribution in [0, 0.1) is 20.8 Å². The standard InChI is InChI=1S/C20H26N2O4S2/c1-16-13-17(2)20(18(3)14-16)28(25,26)22-11-9-21(10-12-22)27(23,24)15-19-7-5-4-6-8-19/h4-8,13-14H,9-12,15H2,1-3H3. The van der Waals surface area contributed by atoms with Crippen LogP contribution in [-0.4, -0.2) is 51.6 Å². The predicted octanol–water partition coefficient (Wildman–Crippen LogP) is 2.45. The molecule has 1 aliphatic heterocycles. The molecule has 1 aliphatic rings. The molecule has 1 saturated heterocycles. The van der Waals surface area contributed by atoms with E-state index in [0.29, 0.717) is 4.90 Å². The van der Waals surface area contributed by atoms with Crippen LogP contribution in [0.5, 0.6) is 0 Å². The van der Waals surface area contributed by atoms with Gasteiger partial charge in [0.25, 0.3) is 0 Å². The maximum absolute atomic E-state index is 13.1. The van der Waals surface area contributed by atoms with E-state index in [9.17, 15) is 16.8 Å². The number of aryl methyl sites for hydroxylation is 3. The molecule has 0 bridgehead atoms. The minimum Gasteiger partial charge on any atom is -0.212 e. The molecule has 152 valence electrons. The van der Waals surface area contributed by atoms with Crippen LogP contribution < -0.4 is 0 Å². The summed E-state index contributed by atoms with van der Waals surface area (Å²) >= 11 is 0. The Morgan fingerprint density at radius 3 is 1.82 bits per heavy atom. The van der Waals surface area contributed by atoms with Crippen LogP contribution in [0.2, 0.25) is 0 Å². The molecule has 8 heteroatoms. The molecular formula is C20H26N2O4S2. The summed E-state index contributed by atoms with van der Waals surface area (Å²) in [6, 6.07) is 12.7. The summed E-state index contributed by atoms with van der Waals surface area (Å²) in [5, 5.41) is 0. The molecule has 0 unspecified atom stereocenters. The van der Waals surface area contributed by atoms with E-state index < -0.39 is 20.0 Å². The SMILES string of the molecule is Cc1cc(C)c(S(=O)(=O)N2CCN(S(=O)(=O)Cc3ccccc3)CC2)c(C)c1. The van der Waals surface area contributed by atoms with Crippen molar-refractivity contribution in [3.63, 3.8) is 0 Å². The molecule has 0 atom stereocenters. The third-order valence-corrected chi connectivity index (χ3v) is 9.04. The van der Waals surface area contributed by atoms with Crippen LogP contribution in [0.15, 0.2) is 47.4 Å². The summed E-state index contributed by atoms with van der Waals surface area (Å²) in [5.41, 5.74) is 3.18. The Bertz CT molecular complexity index is 1030. The van der Waals surface area contributed by atoms with Crippen molar-refractivity contribution < 1.29 is 16.8 Å². The first-order valence-electron chi connectivity index (χ1n) is 9.21. The van der Waals surface area contributed by atoms with E-state index >= 15 is 0 Å². The second kappa shape index (κ2) is 7.94. The molecular weight excluding hydrogens is 396 g/mol. The highest BCUT2D eigenvalue weighted by atomic mass is 32.2. The third kappa shape index (κ3) is 4.30. The lowest BCUT2D eigenvalue weighted by molar-refractivity contribution is 0.272. The van der Waals surface area contributed by atoms with E-state index in [0.717, 1.165) is 22.3 Å². The van der Waals surface area contributed by atoms with Gasteiger partial charge in [0.2, 0.25) is 20.0 Å². The van der Waals surface area contributed by atoms with Gasteiger partial charge in [0.15, 0.2) is 0 Å². The van der Waals surface area contributed by atoms with Gasteiger partial charge in [-0.25, -0.2) is 16.8 Å². The number of benzene rings is 2. The molecule has 1 heterocycles. The minimum absolute atomic E-state index is 0.0727. The molecule has 0 amide bonds. The smallest absolute Gasteiger partial charge is 0.212 e. The first kappa shape index (κ1) is 21.0. The first-order chi connectivity index (χ1) is 13.1. The summed E-state index contributed by atoms with van der Waals surface area (Å²) in [4.78, 5) is 0.332. The summed E-state index contributed by atoms with van der Waals surface area (Å²) < 4.78 is 54.4. The Kier molecular flexibility index (Phi) is 5.95. The lowest BCUT2D eigenvalue weighted by Crippen LogP contribution is -2.50. The van der Waals surface area contributed by atoms with Crippen molar-refractivity contribution >= 4 is 20.0 Å². The molecule has 3 rings (SSSR count). The molecule has 0 N–H and O–H groups in total. The number of nitrogens with zero attached hydrogens (tertiary/aromatic N) is 2. The zero-order valence-corrected chi connectivity index (χ0v) is 18.1. The van der Waals surface area contributed by atoms with Gasteiger partial charge in [-0.2, -0.15) is 8.61 Å². The number of sulfonamides is 2. The average molecular weight is 423 g/mol. The fourth-order valence-electron chi connectivity index (χ4n) is 3.77. The van der Waals surface area contributed by atoms with Gasteiger partial charge in [-0.1, -0.05) is 48.0 Å². The number of hydrogen-bond donors (Lipinski definition) is 0. The van der Waals surface area contributed by atoms with Crippen LogP contribution in [0.25, 0.3) is 0 Å². The van der Waals surface area contributed by atoms with Crippen LogP contribution in [0.4, 0.5) is 0 Å². The third-order valence-electron chi connectivity index (χ3n) is 4.99. The molecule has 6 nitrogen and oxygen atoms in total. The Balaban J connectivity index is 1.75. The first-order valence-corrected chi connectivity index (χ1v) is 12.3. The van der Waals surface area contributed by atoms with E-state index in [1.807, 2.05) is 37.3 Å². The van der Waals surface area contributed by atoms with Gasteiger partial charge in [-0.3, -0.25) is 0 Å². The van der Waals surface area contributed by atoms with Crippen LogP contribution in [0.1, 0.15) is 22.3 Å². The highest BCUT2D eigenvalue weighted by molar-refractivity contribution is 7.89. The molecule has 0 radical (unpaired) electrons. The van der Waals surface area contributed by atoms with Crippen LogP contribution in [-0.2, 0) is 25.8 Å². The highest BCUT2D eigenvalue weighted by Crippen LogP contribution is 2.26. The molecule has 0 spiro atoms. The van der Waals surface area contributed by atoms with Crippen LogP contribution >= 0.6 is 0 Å². The van der Waals surface area contributed by atoms with Gasteiger partial charge in [0.05, 0.1) is 10.6 Å². The van der Waals surface area contributed by atoms with Crippen molar-refractivity contribution in [1.29, 1.82) is 0 Å². The maximum atomic E-state index is 13.1. The van der Waals surface area contributed by atoms with Gasteiger partial charge >= 0.3 is 0 Å². The van der Waals surface area contributed by atoms with Crippen LogP contribution in [0.3, 0.4) is 0 Å². The molecule has 28 heavy (non-hydrogen) atoms. The summed E-state index contributed by atoms with van der Waals surface area (Å²) in [6.07, 6.45) is 0. The molecule has 0 saturated carbocycles. The largest absolute Gasteiger partial charge is 0.243 e. The molecule has 0 aromatic heterocycles. The summed E-state index contributed by atoms with van der Waals surface area (Å²) in [7, 11) is -7.14. The monoisotopic (exact) mass is 422 g/mol. The fraction of sp³-hybridized carbons (Fsp3) is 0.400. The van der Waals surface area contributed by atoms with Crippen molar-refractivity contribution in [2.75, 3.05) is 26.2 Å². The van der Waals surface area contributed by atoms with E-state index in [1.165, 1.54) is 8.61 Å². The quantitative estimate of drug-likeness (QED) is 0.742. The molecule has 1 fully saturated rings. The summed E-state index contributed by atoms with van der Waals surface area (Å²) in [6.45, 7) is 6.18. The minimum atomic E-state index is -3.66. The van der Waals surface area contributed by atoms with Crippen molar-refractivity contribution in [2.45, 2.75) is 31.4 Å². The molecule has 0 aliphatic carbocycles. The van der Waals surface area contributed by atoms with E-state index in [-0.39, 0.29) is 31.9 Å². The number of piperazine rings is 1. The van der Waals surface area contributed by atoms with E-state index in [2.05, 4.69) is 0 Å². The lowest BCUT2D eigenvalue weighted by Gasteiger charge is -2.34. The second-order valence-electron chi connectivity index (χ2n) is 7.27. The topological polar surface area (TPSA) is 74.8 Å². The predicted molar refractivity (Wildman–Crippen MR) is 110 cm³/mol. The van der Waals surface area contributed by atoms with Crippen molar-refractivity contribution in [1.82, 2.24) is 8.61 Å². The Labute approximate surface area is 167 Å². The fourth-order valence-corrected chi connectivity index (χ4v) is 7.12. The Morgan fingerprint density at radius 2 is 1.29 bits per heavy atom. The Morgan fingerprint density at radius 1 is 0.786 bits per heavy atom. The molecule has 2 aromatic rings. The van der Waals surface area contributed by atoms with Crippen molar-refractivity contribution in [2.24, 2.45) is 0 Å². The van der Waals surface area contributed by atoms with Gasteiger partial charge in [0.1, 0.15) is 0 Å². The Hall–Kier alpha value is -1.74. The molecule has 2 aromatic carbocycles. The average Bonchev–Trinajstić information content (AvgIpc) is 2.61. The second-order valence-corrected chi connectivity index (χ2v) is 11.1. The van der Waals surface area contributed by atoms with E-state index in [4.69, 9.17) is 0 Å². The van der Waals surface area contributed by atoms with Crippen molar-refractivity contribution in [3.8, 4) is 0 Å². The van der Waals surface area contributed by atoms with Crippen molar-refractivity contribution in [3.05, 3.63) is 64.7 Å². The lowest BCUT2D eigenvalue weighted by atomic mass is 10.1. The number of hydrogen-bond acceptors (Lipinski definition) is 4. The maximum Gasteiger partial charge on any atom is 0.243 e. The van der Waals surface area contributed by atoms with Gasteiger partial charge in [0, 0.05) is 26.2 Å². The highest BCUT2D eigenvalue weighted by Gasteiger charge is 2.34. The van der Waals surface area contributed by atoms with Gasteiger partial charge < -0.3 is 0 Å². The van der Waals surface area contributed by atoms with E-state index in [1.54, 1.807) is 26.0 Å². The zero-order chi connectivity index (χ0) is 20.5.